The van der Waals surface area contributed by atoms with Crippen LogP contribution in [0.1, 0.15) is 46.5 Å². The Morgan fingerprint density at radius 1 is 1.15 bits per heavy atom. The van der Waals surface area contributed by atoms with Crippen molar-refractivity contribution in [3.8, 4) is 0 Å². The summed E-state index contributed by atoms with van der Waals surface area (Å²) in [7, 11) is 0. The highest BCUT2D eigenvalue weighted by molar-refractivity contribution is 4.77. The van der Waals surface area contributed by atoms with Gasteiger partial charge in [-0.2, -0.15) is 5.48 Å². The minimum absolute atomic E-state index is 0.0977. The Labute approximate surface area is 81.0 Å². The predicted octanol–water partition coefficient (Wildman–Crippen LogP) is 1.58. The maximum atomic E-state index is 5.81. The summed E-state index contributed by atoms with van der Waals surface area (Å²) < 4.78 is 0. The fourth-order valence-corrected chi connectivity index (χ4v) is 1.50. The molecule has 3 heteroatoms. The van der Waals surface area contributed by atoms with Crippen LogP contribution in [0.2, 0.25) is 0 Å². The molecule has 1 fully saturated rings. The summed E-state index contributed by atoms with van der Waals surface area (Å²) in [6, 6.07) is 0.909. The largest absolute Gasteiger partial charge is 0.328 e. The average molecular weight is 186 g/mol. The highest BCUT2D eigenvalue weighted by Gasteiger charge is 2.20. The van der Waals surface area contributed by atoms with Crippen molar-refractivity contribution in [2.45, 2.75) is 64.1 Å². The molecule has 1 aliphatic rings. The molecule has 0 aliphatic heterocycles. The molecule has 3 N–H and O–H groups in total. The number of hydrogen-bond donors (Lipinski definition) is 2. The Balaban J connectivity index is 2.16. The van der Waals surface area contributed by atoms with Crippen molar-refractivity contribution in [2.75, 3.05) is 0 Å². The standard InChI is InChI=1S/C10H22N2O/c1-10(2,3)13-12-9-6-4-8(11)5-7-9/h8-9,12H,4-7,11H2,1-3H3/t8-,9+. The molecule has 0 unspecified atom stereocenters. The van der Waals surface area contributed by atoms with Gasteiger partial charge >= 0.3 is 0 Å². The van der Waals surface area contributed by atoms with Crippen molar-refractivity contribution in [1.82, 2.24) is 5.48 Å². The van der Waals surface area contributed by atoms with Gasteiger partial charge in [0.15, 0.2) is 0 Å². The minimum atomic E-state index is -0.0977. The van der Waals surface area contributed by atoms with Crippen LogP contribution in [-0.4, -0.2) is 17.7 Å². The van der Waals surface area contributed by atoms with E-state index in [1.54, 1.807) is 0 Å². The summed E-state index contributed by atoms with van der Waals surface area (Å²) in [5.41, 5.74) is 8.84. The molecule has 0 atom stereocenters. The Morgan fingerprint density at radius 2 is 1.69 bits per heavy atom. The number of hydrogen-bond acceptors (Lipinski definition) is 3. The summed E-state index contributed by atoms with van der Waals surface area (Å²) in [5.74, 6) is 0. The van der Waals surface area contributed by atoms with E-state index >= 15 is 0 Å². The molecule has 13 heavy (non-hydrogen) atoms. The van der Waals surface area contributed by atoms with Crippen molar-refractivity contribution in [1.29, 1.82) is 0 Å². The molecule has 0 aromatic carbocycles. The van der Waals surface area contributed by atoms with Crippen molar-refractivity contribution in [3.05, 3.63) is 0 Å². The Morgan fingerprint density at radius 3 is 2.15 bits per heavy atom. The van der Waals surface area contributed by atoms with Gasteiger partial charge in [-0.25, -0.2) is 0 Å². The minimum Gasteiger partial charge on any atom is -0.328 e. The Kier molecular flexibility index (Phi) is 3.71. The zero-order chi connectivity index (χ0) is 9.90. The molecule has 1 rings (SSSR count). The van der Waals surface area contributed by atoms with Crippen LogP contribution in [0.25, 0.3) is 0 Å². The fourth-order valence-electron chi connectivity index (χ4n) is 1.50. The second-order valence-electron chi connectivity index (χ2n) is 4.94. The molecule has 0 aromatic heterocycles. The van der Waals surface area contributed by atoms with Crippen LogP contribution < -0.4 is 11.2 Å². The van der Waals surface area contributed by atoms with E-state index in [0.717, 1.165) is 25.7 Å². The highest BCUT2D eigenvalue weighted by atomic mass is 16.7. The second kappa shape index (κ2) is 4.40. The lowest BCUT2D eigenvalue weighted by Crippen LogP contribution is -2.41. The number of hydroxylamine groups is 1. The van der Waals surface area contributed by atoms with Crippen LogP contribution in [0, 0.1) is 0 Å². The van der Waals surface area contributed by atoms with E-state index in [1.165, 1.54) is 0 Å². The molecule has 1 aliphatic carbocycles. The zero-order valence-corrected chi connectivity index (χ0v) is 8.97. The van der Waals surface area contributed by atoms with Crippen LogP contribution in [-0.2, 0) is 4.84 Å². The highest BCUT2D eigenvalue weighted by Crippen LogP contribution is 2.17. The molecular formula is C10H22N2O. The molecule has 0 bridgehead atoms. The first-order chi connectivity index (χ1) is 5.97. The van der Waals surface area contributed by atoms with Crippen LogP contribution in [0.4, 0.5) is 0 Å². The molecular weight excluding hydrogens is 164 g/mol. The van der Waals surface area contributed by atoms with Gasteiger partial charge in [0.2, 0.25) is 0 Å². The van der Waals surface area contributed by atoms with E-state index in [4.69, 9.17) is 10.6 Å². The summed E-state index contributed by atoms with van der Waals surface area (Å²) in [4.78, 5) is 5.51. The first-order valence-corrected chi connectivity index (χ1v) is 5.16. The summed E-state index contributed by atoms with van der Waals surface area (Å²) in [6.07, 6.45) is 4.50. The second-order valence-corrected chi connectivity index (χ2v) is 4.94. The average Bonchev–Trinajstić information content (AvgIpc) is 2.02. The van der Waals surface area contributed by atoms with Gasteiger partial charge in [-0.15, -0.1) is 0 Å². The first kappa shape index (κ1) is 11.0. The molecule has 78 valence electrons. The van der Waals surface area contributed by atoms with Crippen LogP contribution in [0.5, 0.6) is 0 Å². The molecule has 0 radical (unpaired) electrons. The smallest absolute Gasteiger partial charge is 0.0813 e. The van der Waals surface area contributed by atoms with Gasteiger partial charge in [-0.05, 0) is 46.5 Å². The molecule has 3 nitrogen and oxygen atoms in total. The van der Waals surface area contributed by atoms with E-state index in [0.29, 0.717) is 12.1 Å². The van der Waals surface area contributed by atoms with Gasteiger partial charge in [0.05, 0.1) is 5.60 Å². The topological polar surface area (TPSA) is 47.3 Å². The van der Waals surface area contributed by atoms with Crippen molar-refractivity contribution < 1.29 is 4.84 Å². The monoisotopic (exact) mass is 186 g/mol. The van der Waals surface area contributed by atoms with E-state index in [-0.39, 0.29) is 5.60 Å². The Hall–Kier alpha value is -0.120. The van der Waals surface area contributed by atoms with Crippen LogP contribution in [0.15, 0.2) is 0 Å². The molecule has 0 amide bonds. The maximum Gasteiger partial charge on any atom is 0.0813 e. The third-order valence-electron chi connectivity index (χ3n) is 2.30. The van der Waals surface area contributed by atoms with Crippen LogP contribution in [0.3, 0.4) is 0 Å². The Bertz CT molecular complexity index is 145. The van der Waals surface area contributed by atoms with E-state index < -0.39 is 0 Å². The van der Waals surface area contributed by atoms with Crippen molar-refractivity contribution in [2.24, 2.45) is 5.73 Å². The van der Waals surface area contributed by atoms with E-state index in [1.807, 2.05) is 0 Å². The third kappa shape index (κ3) is 4.60. The number of nitrogens with two attached hydrogens (primary N) is 1. The van der Waals surface area contributed by atoms with E-state index in [2.05, 4.69) is 26.3 Å². The molecule has 0 heterocycles. The predicted molar refractivity (Wildman–Crippen MR) is 54.2 cm³/mol. The molecule has 1 saturated carbocycles. The van der Waals surface area contributed by atoms with Gasteiger partial charge < -0.3 is 5.73 Å². The summed E-state index contributed by atoms with van der Waals surface area (Å²) in [5, 5.41) is 0. The SMILES string of the molecule is CC(C)(C)ON[C@H]1CC[C@@H](N)CC1. The van der Waals surface area contributed by atoms with Gasteiger partial charge in [0.25, 0.3) is 0 Å². The van der Waals surface area contributed by atoms with Crippen LogP contribution >= 0.6 is 0 Å². The lowest BCUT2D eigenvalue weighted by Gasteiger charge is -2.29. The van der Waals surface area contributed by atoms with Gasteiger partial charge in [-0.3, -0.25) is 4.84 Å². The maximum absolute atomic E-state index is 5.81. The quantitative estimate of drug-likeness (QED) is 0.644. The third-order valence-corrected chi connectivity index (χ3v) is 2.30. The molecule has 0 saturated heterocycles. The lowest BCUT2D eigenvalue weighted by molar-refractivity contribution is -0.0929. The van der Waals surface area contributed by atoms with Gasteiger partial charge in [0, 0.05) is 12.1 Å². The lowest BCUT2D eigenvalue weighted by atomic mass is 9.92. The van der Waals surface area contributed by atoms with Gasteiger partial charge in [0.1, 0.15) is 0 Å². The fraction of sp³-hybridized carbons (Fsp3) is 1.00. The zero-order valence-electron chi connectivity index (χ0n) is 8.97. The summed E-state index contributed by atoms with van der Waals surface area (Å²) >= 11 is 0. The molecule has 0 spiro atoms. The molecule has 0 aromatic rings. The van der Waals surface area contributed by atoms with Crippen molar-refractivity contribution >= 4 is 0 Å². The van der Waals surface area contributed by atoms with Gasteiger partial charge in [-0.1, -0.05) is 0 Å². The normalized spacial score (nSPS) is 30.5. The summed E-state index contributed by atoms with van der Waals surface area (Å²) in [6.45, 7) is 6.15. The van der Waals surface area contributed by atoms with Crippen molar-refractivity contribution in [3.63, 3.8) is 0 Å². The number of rotatable bonds is 2. The van der Waals surface area contributed by atoms with E-state index in [9.17, 15) is 0 Å². The number of nitrogens with one attached hydrogen (secondary N) is 1. The first-order valence-electron chi connectivity index (χ1n) is 5.16.